The van der Waals surface area contributed by atoms with Crippen LogP contribution in [0.3, 0.4) is 0 Å². The minimum absolute atomic E-state index is 0.180. The van der Waals surface area contributed by atoms with Gasteiger partial charge in [0.1, 0.15) is 5.75 Å². The molecule has 0 radical (unpaired) electrons. The number of methoxy groups -OCH3 is 1. The summed E-state index contributed by atoms with van der Waals surface area (Å²) in [5.41, 5.74) is 1.73. The molecule has 1 aliphatic heterocycles. The Hall–Kier alpha value is -2.61. The Kier molecular flexibility index (Phi) is 4.73. The smallest absolute Gasteiger partial charge is 0.243 e. The molecule has 0 aromatic heterocycles. The van der Waals surface area contributed by atoms with Crippen molar-refractivity contribution in [2.45, 2.75) is 13.2 Å². The number of hydrogen-bond acceptors (Lipinski definition) is 4. The van der Waals surface area contributed by atoms with Crippen molar-refractivity contribution in [3.63, 3.8) is 0 Å². The standard InChI is InChI=1S/C21H17IN2O3/c1-13(25)24-21(27-20(23-24)17-9-5-6-10-18(17)22)16-11-12-19(26-2)15-8-4-3-7-14(15)16/h3-12,21H,1-2H3/t21-/m0/s1. The molecule has 27 heavy (non-hydrogen) atoms. The summed E-state index contributed by atoms with van der Waals surface area (Å²) in [7, 11) is 1.65. The van der Waals surface area contributed by atoms with Crippen LogP contribution in [0.2, 0.25) is 0 Å². The highest BCUT2D eigenvalue weighted by Crippen LogP contribution is 2.37. The fourth-order valence-corrected chi connectivity index (χ4v) is 3.82. The first kappa shape index (κ1) is 17.8. The zero-order chi connectivity index (χ0) is 19.0. The van der Waals surface area contributed by atoms with Gasteiger partial charge < -0.3 is 9.47 Å². The Bertz CT molecular complexity index is 1060. The van der Waals surface area contributed by atoms with Crippen LogP contribution in [0, 0.1) is 3.57 Å². The second-order valence-electron chi connectivity index (χ2n) is 6.12. The van der Waals surface area contributed by atoms with E-state index in [9.17, 15) is 4.79 Å². The van der Waals surface area contributed by atoms with E-state index >= 15 is 0 Å². The van der Waals surface area contributed by atoms with Gasteiger partial charge in [0, 0.05) is 21.4 Å². The average molecular weight is 472 g/mol. The summed E-state index contributed by atoms with van der Waals surface area (Å²) in [6.07, 6.45) is -0.621. The molecule has 136 valence electrons. The summed E-state index contributed by atoms with van der Waals surface area (Å²) in [6.45, 7) is 1.49. The number of hydrogen-bond donors (Lipinski definition) is 0. The van der Waals surface area contributed by atoms with Crippen LogP contribution < -0.4 is 4.74 Å². The van der Waals surface area contributed by atoms with Gasteiger partial charge in [0.15, 0.2) is 0 Å². The largest absolute Gasteiger partial charge is 0.496 e. The highest BCUT2D eigenvalue weighted by molar-refractivity contribution is 14.1. The number of carbonyl (C=O) groups excluding carboxylic acids is 1. The van der Waals surface area contributed by atoms with Crippen molar-refractivity contribution in [2.75, 3.05) is 7.11 Å². The van der Waals surface area contributed by atoms with E-state index in [4.69, 9.17) is 9.47 Å². The zero-order valence-corrected chi connectivity index (χ0v) is 17.0. The molecule has 1 heterocycles. The monoisotopic (exact) mass is 472 g/mol. The summed E-state index contributed by atoms with van der Waals surface area (Å²) in [6, 6.07) is 19.5. The number of benzene rings is 3. The van der Waals surface area contributed by atoms with Crippen LogP contribution in [0.1, 0.15) is 24.3 Å². The number of hydrazone groups is 1. The molecule has 0 unspecified atom stereocenters. The molecule has 3 aromatic rings. The maximum Gasteiger partial charge on any atom is 0.243 e. The lowest BCUT2D eigenvalue weighted by Crippen LogP contribution is -2.25. The van der Waals surface area contributed by atoms with Crippen LogP contribution in [0.4, 0.5) is 0 Å². The molecule has 0 bridgehead atoms. The number of amides is 1. The Morgan fingerprint density at radius 2 is 1.78 bits per heavy atom. The minimum atomic E-state index is -0.621. The van der Waals surface area contributed by atoms with E-state index in [0.717, 1.165) is 31.2 Å². The fraction of sp³-hybridized carbons (Fsp3) is 0.143. The first-order valence-corrected chi connectivity index (χ1v) is 9.53. The van der Waals surface area contributed by atoms with Gasteiger partial charge in [-0.2, -0.15) is 5.01 Å². The van der Waals surface area contributed by atoms with E-state index in [1.54, 1.807) is 7.11 Å². The maximum atomic E-state index is 12.3. The Balaban J connectivity index is 1.82. The second kappa shape index (κ2) is 7.19. The molecule has 0 saturated carbocycles. The maximum absolute atomic E-state index is 12.3. The molecule has 1 atom stereocenters. The summed E-state index contributed by atoms with van der Waals surface area (Å²) < 4.78 is 12.7. The van der Waals surface area contributed by atoms with Crippen molar-refractivity contribution >= 4 is 45.2 Å². The molecule has 0 fully saturated rings. The van der Waals surface area contributed by atoms with Gasteiger partial charge in [0.2, 0.25) is 18.0 Å². The normalized spacial score (nSPS) is 16.2. The van der Waals surface area contributed by atoms with Crippen LogP contribution in [-0.4, -0.2) is 23.9 Å². The average Bonchev–Trinajstić information content (AvgIpc) is 3.12. The molecular weight excluding hydrogens is 455 g/mol. The number of rotatable bonds is 3. The topological polar surface area (TPSA) is 51.1 Å². The van der Waals surface area contributed by atoms with Crippen molar-refractivity contribution in [1.29, 1.82) is 0 Å². The molecule has 1 aliphatic rings. The van der Waals surface area contributed by atoms with E-state index < -0.39 is 6.23 Å². The van der Waals surface area contributed by atoms with E-state index in [1.807, 2.05) is 60.7 Å². The van der Waals surface area contributed by atoms with Gasteiger partial charge in [0.05, 0.1) is 12.7 Å². The number of nitrogens with zero attached hydrogens (tertiary/aromatic N) is 2. The van der Waals surface area contributed by atoms with Gasteiger partial charge in [0.25, 0.3) is 0 Å². The Labute approximate surface area is 170 Å². The molecule has 0 N–H and O–H groups in total. The van der Waals surface area contributed by atoms with Gasteiger partial charge in [-0.1, -0.05) is 36.4 Å². The number of carbonyl (C=O) groups is 1. The van der Waals surface area contributed by atoms with Gasteiger partial charge >= 0.3 is 0 Å². The van der Waals surface area contributed by atoms with E-state index in [-0.39, 0.29) is 5.91 Å². The van der Waals surface area contributed by atoms with Crippen molar-refractivity contribution in [1.82, 2.24) is 5.01 Å². The van der Waals surface area contributed by atoms with Gasteiger partial charge in [-0.05, 0) is 52.2 Å². The third-order valence-corrected chi connectivity index (χ3v) is 5.42. The van der Waals surface area contributed by atoms with Crippen LogP contribution in [-0.2, 0) is 9.53 Å². The van der Waals surface area contributed by atoms with Gasteiger partial charge in [-0.25, -0.2) is 0 Å². The third-order valence-electron chi connectivity index (χ3n) is 4.47. The highest BCUT2D eigenvalue weighted by atomic mass is 127. The summed E-state index contributed by atoms with van der Waals surface area (Å²) in [4.78, 5) is 12.3. The fourth-order valence-electron chi connectivity index (χ4n) is 3.20. The third kappa shape index (κ3) is 3.14. The molecular formula is C21H17IN2O3. The van der Waals surface area contributed by atoms with E-state index in [1.165, 1.54) is 11.9 Å². The molecule has 0 aliphatic carbocycles. The zero-order valence-electron chi connectivity index (χ0n) is 14.8. The van der Waals surface area contributed by atoms with E-state index in [2.05, 4.69) is 27.7 Å². The summed E-state index contributed by atoms with van der Waals surface area (Å²) in [5.74, 6) is 1.04. The number of halogens is 1. The molecule has 6 heteroatoms. The Morgan fingerprint density at radius 1 is 1.07 bits per heavy atom. The van der Waals surface area contributed by atoms with Crippen LogP contribution in [0.25, 0.3) is 10.8 Å². The molecule has 3 aromatic carbocycles. The number of ether oxygens (including phenoxy) is 2. The molecule has 5 nitrogen and oxygen atoms in total. The summed E-state index contributed by atoms with van der Waals surface area (Å²) >= 11 is 2.24. The van der Waals surface area contributed by atoms with Gasteiger partial charge in [-0.3, -0.25) is 4.79 Å². The van der Waals surface area contributed by atoms with Crippen LogP contribution in [0.15, 0.2) is 65.8 Å². The quantitative estimate of drug-likeness (QED) is 0.520. The van der Waals surface area contributed by atoms with Crippen molar-refractivity contribution in [3.05, 3.63) is 75.4 Å². The molecule has 0 spiro atoms. The van der Waals surface area contributed by atoms with Crippen molar-refractivity contribution < 1.29 is 14.3 Å². The van der Waals surface area contributed by atoms with Crippen LogP contribution >= 0.6 is 22.6 Å². The minimum Gasteiger partial charge on any atom is -0.496 e. The summed E-state index contributed by atoms with van der Waals surface area (Å²) in [5, 5.41) is 7.79. The first-order chi connectivity index (χ1) is 13.1. The molecule has 0 saturated heterocycles. The number of fused-ring (bicyclic) bond motifs is 1. The SMILES string of the molecule is COc1ccc([C@@H]2OC(c3ccccc3I)=NN2C(C)=O)c2ccccc12. The van der Waals surface area contributed by atoms with Crippen molar-refractivity contribution in [2.24, 2.45) is 5.10 Å². The lowest BCUT2D eigenvalue weighted by atomic mass is 10.0. The van der Waals surface area contributed by atoms with Crippen LogP contribution in [0.5, 0.6) is 5.75 Å². The first-order valence-electron chi connectivity index (χ1n) is 8.45. The highest BCUT2D eigenvalue weighted by Gasteiger charge is 2.34. The van der Waals surface area contributed by atoms with Crippen molar-refractivity contribution in [3.8, 4) is 5.75 Å². The molecule has 1 amide bonds. The Morgan fingerprint density at radius 3 is 2.48 bits per heavy atom. The lowest BCUT2D eigenvalue weighted by Gasteiger charge is -2.21. The predicted octanol–water partition coefficient (Wildman–Crippen LogP) is 4.69. The van der Waals surface area contributed by atoms with Gasteiger partial charge in [-0.15, -0.1) is 5.10 Å². The second-order valence-corrected chi connectivity index (χ2v) is 7.28. The van der Waals surface area contributed by atoms with E-state index in [0.29, 0.717) is 5.90 Å². The lowest BCUT2D eigenvalue weighted by molar-refractivity contribution is -0.135. The molecule has 4 rings (SSSR count). The predicted molar refractivity (Wildman–Crippen MR) is 113 cm³/mol.